The second kappa shape index (κ2) is 4.88. The molecule has 7 heteroatoms. The first-order valence-electron chi connectivity index (χ1n) is 6.85. The molecule has 0 aliphatic carbocycles. The Morgan fingerprint density at radius 3 is 3.05 bits per heavy atom. The minimum absolute atomic E-state index is 0.0718. The van der Waals surface area contributed by atoms with Gasteiger partial charge in [0.15, 0.2) is 5.03 Å². The predicted octanol–water partition coefficient (Wildman–Crippen LogP) is 0.202. The number of rotatable bonds is 4. The molecule has 0 aromatic carbocycles. The Bertz CT molecular complexity index is 566. The number of likely N-dealkylation sites (N-methyl/N-ethyl adjacent to an activating group) is 1. The van der Waals surface area contributed by atoms with Crippen LogP contribution >= 0.6 is 0 Å². The second-order valence-corrected chi connectivity index (χ2v) is 7.07. The lowest BCUT2D eigenvalue weighted by Crippen LogP contribution is -2.41. The van der Waals surface area contributed by atoms with Gasteiger partial charge in [0.1, 0.15) is 5.82 Å². The molecule has 3 rings (SSSR count). The van der Waals surface area contributed by atoms with Crippen LogP contribution in [0, 0.1) is 0 Å². The highest BCUT2D eigenvalue weighted by atomic mass is 32.2. The number of imidazole rings is 1. The molecular weight excluding hydrogens is 264 g/mol. The monoisotopic (exact) mass is 284 g/mol. The fraction of sp³-hybridized carbons (Fsp3) is 0.750. The molecule has 1 unspecified atom stereocenters. The highest BCUT2D eigenvalue weighted by molar-refractivity contribution is 7.89. The van der Waals surface area contributed by atoms with Gasteiger partial charge in [-0.15, -0.1) is 0 Å². The number of aryl methyl sites for hydroxylation is 1. The number of fused-ring (bicyclic) bond motifs is 1. The van der Waals surface area contributed by atoms with Crippen LogP contribution in [0.4, 0.5) is 0 Å². The van der Waals surface area contributed by atoms with Crippen molar-refractivity contribution >= 4 is 10.0 Å². The quantitative estimate of drug-likeness (QED) is 0.858. The summed E-state index contributed by atoms with van der Waals surface area (Å²) in [6.45, 7) is 2.10. The van der Waals surface area contributed by atoms with Crippen LogP contribution in [-0.4, -0.2) is 48.5 Å². The molecule has 0 amide bonds. The van der Waals surface area contributed by atoms with Gasteiger partial charge in [-0.25, -0.2) is 13.4 Å². The molecule has 106 valence electrons. The number of sulfonamides is 1. The molecule has 2 aliphatic rings. The lowest BCUT2D eigenvalue weighted by Gasteiger charge is -2.23. The molecule has 6 nitrogen and oxygen atoms in total. The van der Waals surface area contributed by atoms with Crippen molar-refractivity contribution in [2.75, 3.05) is 20.1 Å². The molecule has 19 heavy (non-hydrogen) atoms. The van der Waals surface area contributed by atoms with Crippen molar-refractivity contribution in [1.29, 1.82) is 0 Å². The number of nitrogens with zero attached hydrogens (tertiary/aromatic N) is 3. The van der Waals surface area contributed by atoms with Crippen molar-refractivity contribution in [2.24, 2.45) is 0 Å². The zero-order valence-electron chi connectivity index (χ0n) is 11.2. The maximum Gasteiger partial charge on any atom is 0.260 e. The van der Waals surface area contributed by atoms with Crippen LogP contribution in [0.5, 0.6) is 0 Å². The third-order valence-corrected chi connectivity index (χ3v) is 5.97. The molecule has 0 bridgehead atoms. The van der Waals surface area contributed by atoms with Crippen molar-refractivity contribution in [3.63, 3.8) is 0 Å². The summed E-state index contributed by atoms with van der Waals surface area (Å²) in [6.07, 6.45) is 5.27. The molecule has 1 saturated heterocycles. The van der Waals surface area contributed by atoms with E-state index in [0.717, 1.165) is 38.1 Å². The third kappa shape index (κ3) is 2.09. The molecule has 1 aromatic heterocycles. The smallest absolute Gasteiger partial charge is 0.260 e. The molecular formula is C12H20N4O2S. The predicted molar refractivity (Wildman–Crippen MR) is 71.4 cm³/mol. The van der Waals surface area contributed by atoms with E-state index in [0.29, 0.717) is 18.1 Å². The fourth-order valence-electron chi connectivity index (χ4n) is 3.12. The molecule has 0 saturated carbocycles. The Balaban J connectivity index is 1.94. The van der Waals surface area contributed by atoms with Crippen LogP contribution in [0.3, 0.4) is 0 Å². The Labute approximate surface area is 113 Å². The zero-order chi connectivity index (χ0) is 13.5. The van der Waals surface area contributed by atoms with E-state index in [1.807, 2.05) is 11.6 Å². The van der Waals surface area contributed by atoms with Crippen LogP contribution in [0.25, 0.3) is 0 Å². The molecule has 1 aromatic rings. The lowest BCUT2D eigenvalue weighted by molar-refractivity contribution is 0.375. The molecule has 1 atom stereocenters. The van der Waals surface area contributed by atoms with Crippen molar-refractivity contribution in [3.05, 3.63) is 12.0 Å². The van der Waals surface area contributed by atoms with Gasteiger partial charge in [0, 0.05) is 32.1 Å². The maximum absolute atomic E-state index is 12.8. The van der Waals surface area contributed by atoms with Crippen LogP contribution in [-0.2, 0) is 23.0 Å². The molecule has 3 heterocycles. The van der Waals surface area contributed by atoms with Gasteiger partial charge >= 0.3 is 0 Å². The summed E-state index contributed by atoms with van der Waals surface area (Å²) in [5.41, 5.74) is 0. The summed E-state index contributed by atoms with van der Waals surface area (Å²) < 4.78 is 29.1. The van der Waals surface area contributed by atoms with Gasteiger partial charge < -0.3 is 9.88 Å². The molecule has 1 N–H and O–H groups in total. The number of hydrogen-bond acceptors (Lipinski definition) is 4. The van der Waals surface area contributed by atoms with E-state index < -0.39 is 10.0 Å². The van der Waals surface area contributed by atoms with Gasteiger partial charge in [-0.2, -0.15) is 4.31 Å². The first-order chi connectivity index (χ1) is 9.14. The Morgan fingerprint density at radius 2 is 2.26 bits per heavy atom. The van der Waals surface area contributed by atoms with Crippen molar-refractivity contribution in [2.45, 2.75) is 43.3 Å². The lowest BCUT2D eigenvalue weighted by atomic mass is 10.2. The first kappa shape index (κ1) is 13.1. The van der Waals surface area contributed by atoms with E-state index in [-0.39, 0.29) is 6.04 Å². The number of aromatic nitrogens is 2. The average molecular weight is 284 g/mol. The SMILES string of the molecule is CNCC1CCCN1S(=O)(=O)c1cnc2n1CCC2. The first-order valence-corrected chi connectivity index (χ1v) is 8.29. The van der Waals surface area contributed by atoms with Crippen LogP contribution in [0.15, 0.2) is 11.2 Å². The van der Waals surface area contributed by atoms with Gasteiger partial charge in [-0.3, -0.25) is 0 Å². The molecule has 0 radical (unpaired) electrons. The van der Waals surface area contributed by atoms with Gasteiger partial charge in [-0.05, 0) is 26.3 Å². The van der Waals surface area contributed by atoms with Crippen molar-refractivity contribution in [1.82, 2.24) is 19.2 Å². The maximum atomic E-state index is 12.8. The molecule has 0 spiro atoms. The van der Waals surface area contributed by atoms with Gasteiger partial charge in [0.25, 0.3) is 10.0 Å². The summed E-state index contributed by atoms with van der Waals surface area (Å²) in [5, 5.41) is 3.46. The van der Waals surface area contributed by atoms with Gasteiger partial charge in [0.2, 0.25) is 0 Å². The minimum atomic E-state index is -3.40. The number of nitrogens with one attached hydrogen (secondary N) is 1. The summed E-state index contributed by atoms with van der Waals surface area (Å²) in [6, 6.07) is 0.0718. The second-order valence-electron chi connectivity index (χ2n) is 5.24. The summed E-state index contributed by atoms with van der Waals surface area (Å²) in [7, 11) is -1.54. The Hall–Kier alpha value is -0.920. The summed E-state index contributed by atoms with van der Waals surface area (Å²) in [4.78, 5) is 4.25. The molecule has 1 fully saturated rings. The van der Waals surface area contributed by atoms with Crippen LogP contribution in [0.2, 0.25) is 0 Å². The van der Waals surface area contributed by atoms with Gasteiger partial charge in [-0.1, -0.05) is 0 Å². The van der Waals surface area contributed by atoms with Crippen molar-refractivity contribution in [3.8, 4) is 0 Å². The average Bonchev–Trinajstić information content (AvgIpc) is 3.03. The Kier molecular flexibility index (Phi) is 3.36. The Morgan fingerprint density at radius 1 is 1.42 bits per heavy atom. The normalized spacial score (nSPS) is 23.9. The third-order valence-electron chi connectivity index (χ3n) is 4.02. The van der Waals surface area contributed by atoms with E-state index in [1.165, 1.54) is 6.20 Å². The number of hydrogen-bond donors (Lipinski definition) is 1. The summed E-state index contributed by atoms with van der Waals surface area (Å²) in [5.74, 6) is 0.905. The minimum Gasteiger partial charge on any atom is -0.318 e. The standard InChI is InChI=1S/C12H20N4O2S/c1-13-8-10-4-2-7-16(10)19(17,18)12-9-14-11-5-3-6-15(11)12/h9-10,13H,2-8H2,1H3. The van der Waals surface area contributed by atoms with E-state index in [9.17, 15) is 8.42 Å². The molecule has 2 aliphatic heterocycles. The fourth-order valence-corrected chi connectivity index (χ4v) is 4.96. The largest absolute Gasteiger partial charge is 0.318 e. The van der Waals surface area contributed by atoms with E-state index >= 15 is 0 Å². The van der Waals surface area contributed by atoms with Crippen molar-refractivity contribution < 1.29 is 8.42 Å². The highest BCUT2D eigenvalue weighted by Crippen LogP contribution is 2.28. The zero-order valence-corrected chi connectivity index (χ0v) is 12.0. The van der Waals surface area contributed by atoms with E-state index in [4.69, 9.17) is 0 Å². The van der Waals surface area contributed by atoms with E-state index in [1.54, 1.807) is 4.31 Å². The highest BCUT2D eigenvalue weighted by Gasteiger charge is 2.37. The van der Waals surface area contributed by atoms with Crippen LogP contribution in [0.1, 0.15) is 25.1 Å². The van der Waals surface area contributed by atoms with E-state index in [2.05, 4.69) is 10.3 Å². The summed E-state index contributed by atoms with van der Waals surface area (Å²) >= 11 is 0. The van der Waals surface area contributed by atoms with Gasteiger partial charge in [0.05, 0.1) is 6.20 Å². The topological polar surface area (TPSA) is 67.2 Å². The van der Waals surface area contributed by atoms with Crippen LogP contribution < -0.4 is 5.32 Å².